The second-order valence-electron chi connectivity index (χ2n) is 7.99. The number of anilines is 1. The Bertz CT molecular complexity index is 615. The highest BCUT2D eigenvalue weighted by Crippen LogP contribution is 2.30. The van der Waals surface area contributed by atoms with Crippen LogP contribution in [0.3, 0.4) is 0 Å². The summed E-state index contributed by atoms with van der Waals surface area (Å²) in [5, 5.41) is 6.45. The molecular weight excluding hydrogens is 340 g/mol. The molecule has 1 aliphatic carbocycles. The number of methoxy groups -OCH3 is 1. The Morgan fingerprint density at radius 2 is 1.63 bits per heavy atom. The fraction of sp³-hybridized carbons (Fsp3) is 0.636. The molecule has 0 spiro atoms. The zero-order valence-corrected chi connectivity index (χ0v) is 16.3. The minimum absolute atomic E-state index is 0.00880. The first-order valence-corrected chi connectivity index (χ1v) is 10.3. The van der Waals surface area contributed by atoms with Gasteiger partial charge in [-0.05, 0) is 88.1 Å². The highest BCUT2D eigenvalue weighted by molar-refractivity contribution is 5.92. The van der Waals surface area contributed by atoms with E-state index in [4.69, 9.17) is 4.74 Å². The summed E-state index contributed by atoms with van der Waals surface area (Å²) < 4.78 is 4.81. The molecule has 5 nitrogen and oxygen atoms in total. The standard InChI is InChI=1S/C22H32N2O3/c1-27-22(26)19-8-6-18(7-9-19)21(25)24-20-10-4-16(5-11-20)2-3-17-12-14-23-15-13-17/h4-5,10-11,17-19,23H,2-3,6-9,12-15H2,1H3,(H,24,25). The van der Waals surface area contributed by atoms with Crippen molar-refractivity contribution in [1.29, 1.82) is 0 Å². The molecule has 1 saturated heterocycles. The molecule has 1 amide bonds. The minimum atomic E-state index is -0.145. The van der Waals surface area contributed by atoms with E-state index in [2.05, 4.69) is 22.8 Å². The number of nitrogens with one attached hydrogen (secondary N) is 2. The summed E-state index contributed by atoms with van der Waals surface area (Å²) in [6.07, 6.45) is 7.90. The highest BCUT2D eigenvalue weighted by atomic mass is 16.5. The van der Waals surface area contributed by atoms with Gasteiger partial charge < -0.3 is 15.4 Å². The van der Waals surface area contributed by atoms with Crippen LogP contribution < -0.4 is 10.6 Å². The van der Waals surface area contributed by atoms with Gasteiger partial charge in [-0.2, -0.15) is 0 Å². The normalized spacial score (nSPS) is 23.6. The molecule has 2 fully saturated rings. The van der Waals surface area contributed by atoms with E-state index >= 15 is 0 Å². The zero-order chi connectivity index (χ0) is 19.1. The van der Waals surface area contributed by atoms with Crippen LogP contribution in [0.5, 0.6) is 0 Å². The van der Waals surface area contributed by atoms with Crippen LogP contribution in [0.25, 0.3) is 0 Å². The Balaban J connectivity index is 1.42. The van der Waals surface area contributed by atoms with E-state index in [1.807, 2.05) is 12.1 Å². The Labute approximate surface area is 162 Å². The van der Waals surface area contributed by atoms with Crippen molar-refractivity contribution in [1.82, 2.24) is 5.32 Å². The summed E-state index contributed by atoms with van der Waals surface area (Å²) in [5.41, 5.74) is 2.20. The lowest BCUT2D eigenvalue weighted by Gasteiger charge is -2.26. The summed E-state index contributed by atoms with van der Waals surface area (Å²) in [6, 6.07) is 8.28. The van der Waals surface area contributed by atoms with Crippen LogP contribution in [0.1, 0.15) is 50.5 Å². The molecule has 0 unspecified atom stereocenters. The summed E-state index contributed by atoms with van der Waals surface area (Å²) >= 11 is 0. The van der Waals surface area contributed by atoms with E-state index in [-0.39, 0.29) is 23.7 Å². The fourth-order valence-corrected chi connectivity index (χ4v) is 4.30. The number of esters is 1. The predicted molar refractivity (Wildman–Crippen MR) is 106 cm³/mol. The minimum Gasteiger partial charge on any atom is -0.469 e. The molecule has 0 bridgehead atoms. The van der Waals surface area contributed by atoms with Gasteiger partial charge in [0.05, 0.1) is 13.0 Å². The van der Waals surface area contributed by atoms with Crippen LogP contribution in [0.4, 0.5) is 5.69 Å². The van der Waals surface area contributed by atoms with Crippen molar-refractivity contribution < 1.29 is 14.3 Å². The second kappa shape index (κ2) is 9.88. The molecule has 0 atom stereocenters. The van der Waals surface area contributed by atoms with Gasteiger partial charge in [-0.1, -0.05) is 12.1 Å². The predicted octanol–water partition coefficient (Wildman–Crippen LogP) is 3.54. The Morgan fingerprint density at radius 1 is 1.00 bits per heavy atom. The summed E-state index contributed by atoms with van der Waals surface area (Å²) in [6.45, 7) is 2.30. The maximum atomic E-state index is 12.5. The first-order valence-electron chi connectivity index (χ1n) is 10.3. The van der Waals surface area contributed by atoms with Crippen molar-refractivity contribution in [2.75, 3.05) is 25.5 Å². The number of piperidine rings is 1. The third kappa shape index (κ3) is 5.80. The van der Waals surface area contributed by atoms with Crippen LogP contribution in [0.2, 0.25) is 0 Å². The fourth-order valence-electron chi connectivity index (χ4n) is 4.30. The molecule has 0 aromatic heterocycles. The van der Waals surface area contributed by atoms with Crippen molar-refractivity contribution in [3.05, 3.63) is 29.8 Å². The maximum absolute atomic E-state index is 12.5. The van der Waals surface area contributed by atoms with Crippen molar-refractivity contribution in [2.45, 2.75) is 51.4 Å². The maximum Gasteiger partial charge on any atom is 0.308 e. The van der Waals surface area contributed by atoms with Crippen molar-refractivity contribution in [3.8, 4) is 0 Å². The van der Waals surface area contributed by atoms with E-state index in [1.54, 1.807) is 0 Å². The first-order chi connectivity index (χ1) is 13.2. The van der Waals surface area contributed by atoms with Gasteiger partial charge in [0.25, 0.3) is 0 Å². The van der Waals surface area contributed by atoms with E-state index in [9.17, 15) is 9.59 Å². The number of hydrogen-bond acceptors (Lipinski definition) is 4. The number of carbonyl (C=O) groups is 2. The van der Waals surface area contributed by atoms with Crippen LogP contribution in [0, 0.1) is 17.8 Å². The van der Waals surface area contributed by atoms with Crippen LogP contribution >= 0.6 is 0 Å². The van der Waals surface area contributed by atoms with Gasteiger partial charge in [0.2, 0.25) is 5.91 Å². The van der Waals surface area contributed by atoms with E-state index in [0.717, 1.165) is 56.8 Å². The SMILES string of the molecule is COC(=O)C1CCC(C(=O)Nc2ccc(CCC3CCNCC3)cc2)CC1. The van der Waals surface area contributed by atoms with Gasteiger partial charge in [-0.15, -0.1) is 0 Å². The van der Waals surface area contributed by atoms with E-state index < -0.39 is 0 Å². The van der Waals surface area contributed by atoms with Gasteiger partial charge in [-0.3, -0.25) is 9.59 Å². The molecule has 5 heteroatoms. The van der Waals surface area contributed by atoms with Crippen LogP contribution in [-0.2, 0) is 20.7 Å². The van der Waals surface area contributed by atoms with Gasteiger partial charge in [-0.25, -0.2) is 0 Å². The summed E-state index contributed by atoms with van der Waals surface area (Å²) in [5.74, 6) is 0.712. The number of hydrogen-bond donors (Lipinski definition) is 2. The number of amides is 1. The molecule has 1 aliphatic heterocycles. The molecule has 2 aliphatic rings. The topological polar surface area (TPSA) is 67.4 Å². The van der Waals surface area contributed by atoms with Gasteiger partial charge in [0, 0.05) is 11.6 Å². The molecule has 1 heterocycles. The van der Waals surface area contributed by atoms with Crippen molar-refractivity contribution in [2.24, 2.45) is 17.8 Å². The molecule has 1 aromatic rings. The molecule has 1 aromatic carbocycles. The molecular formula is C22H32N2O3. The molecule has 148 valence electrons. The van der Waals surface area contributed by atoms with E-state index in [1.165, 1.54) is 31.9 Å². The summed E-state index contributed by atoms with van der Waals surface area (Å²) in [4.78, 5) is 24.1. The van der Waals surface area contributed by atoms with Crippen LogP contribution in [-0.4, -0.2) is 32.1 Å². The Kier molecular flexibility index (Phi) is 7.27. The molecule has 0 radical (unpaired) electrons. The first kappa shape index (κ1) is 19.9. The highest BCUT2D eigenvalue weighted by Gasteiger charge is 2.30. The Morgan fingerprint density at radius 3 is 2.26 bits per heavy atom. The van der Waals surface area contributed by atoms with E-state index in [0.29, 0.717) is 0 Å². The lowest BCUT2D eigenvalue weighted by Crippen LogP contribution is -2.30. The van der Waals surface area contributed by atoms with Crippen LogP contribution in [0.15, 0.2) is 24.3 Å². The quantitative estimate of drug-likeness (QED) is 0.750. The average molecular weight is 373 g/mol. The summed E-state index contributed by atoms with van der Waals surface area (Å²) in [7, 11) is 1.43. The number of ether oxygens (including phenoxy) is 1. The van der Waals surface area contributed by atoms with Gasteiger partial charge >= 0.3 is 5.97 Å². The zero-order valence-electron chi connectivity index (χ0n) is 16.3. The molecule has 1 saturated carbocycles. The average Bonchev–Trinajstić information content (AvgIpc) is 2.73. The lowest BCUT2D eigenvalue weighted by molar-refractivity contribution is -0.147. The molecule has 27 heavy (non-hydrogen) atoms. The number of carbonyl (C=O) groups excluding carboxylic acids is 2. The molecule has 3 rings (SSSR count). The number of rotatable bonds is 6. The third-order valence-corrected chi connectivity index (χ3v) is 6.15. The largest absolute Gasteiger partial charge is 0.469 e. The van der Waals surface area contributed by atoms with Crippen molar-refractivity contribution in [3.63, 3.8) is 0 Å². The third-order valence-electron chi connectivity index (χ3n) is 6.15. The lowest BCUT2D eigenvalue weighted by atomic mass is 9.81. The van der Waals surface area contributed by atoms with Gasteiger partial charge in [0.1, 0.15) is 0 Å². The monoisotopic (exact) mass is 372 g/mol. The second-order valence-corrected chi connectivity index (χ2v) is 7.99. The number of benzene rings is 1. The van der Waals surface area contributed by atoms with Gasteiger partial charge in [0.15, 0.2) is 0 Å². The number of aryl methyl sites for hydroxylation is 1. The smallest absolute Gasteiger partial charge is 0.308 e. The molecule has 2 N–H and O–H groups in total. The Hall–Kier alpha value is -1.88. The van der Waals surface area contributed by atoms with Crippen molar-refractivity contribution >= 4 is 17.6 Å².